The minimum absolute atomic E-state index is 0.113. The Morgan fingerprint density at radius 2 is 1.97 bits per heavy atom. The molecule has 2 aromatic carbocycles. The second-order valence-electron chi connectivity index (χ2n) is 7.90. The van der Waals surface area contributed by atoms with Crippen molar-refractivity contribution >= 4 is 51.9 Å². The van der Waals surface area contributed by atoms with Gasteiger partial charge in [-0.3, -0.25) is 14.5 Å². The van der Waals surface area contributed by atoms with E-state index < -0.39 is 0 Å². The van der Waals surface area contributed by atoms with Gasteiger partial charge >= 0.3 is 0 Å². The van der Waals surface area contributed by atoms with Crippen LogP contribution in [0.5, 0.6) is 11.5 Å². The largest absolute Gasteiger partial charge is 0.490 e. The highest BCUT2D eigenvalue weighted by atomic mass is 32.2. The minimum Gasteiger partial charge on any atom is -0.490 e. The molecular formula is C26H30N2O5S2. The zero-order valence-electron chi connectivity index (χ0n) is 20.4. The molecule has 0 aromatic heterocycles. The predicted molar refractivity (Wildman–Crippen MR) is 144 cm³/mol. The van der Waals surface area contributed by atoms with E-state index in [0.29, 0.717) is 46.9 Å². The second kappa shape index (κ2) is 12.7. The number of rotatable bonds is 11. The fourth-order valence-corrected chi connectivity index (χ4v) is 4.74. The summed E-state index contributed by atoms with van der Waals surface area (Å²) >= 11 is 6.65. The maximum absolute atomic E-state index is 12.8. The molecule has 1 heterocycles. The van der Waals surface area contributed by atoms with Gasteiger partial charge in [0.15, 0.2) is 18.1 Å². The van der Waals surface area contributed by atoms with Crippen molar-refractivity contribution in [1.29, 1.82) is 0 Å². The van der Waals surface area contributed by atoms with Crippen molar-refractivity contribution in [3.05, 3.63) is 58.0 Å². The molecule has 1 aliphatic heterocycles. The van der Waals surface area contributed by atoms with Crippen molar-refractivity contribution in [1.82, 2.24) is 4.90 Å². The molecule has 1 saturated heterocycles. The number of nitrogens with zero attached hydrogens (tertiary/aromatic N) is 1. The molecule has 3 rings (SSSR count). The number of carbonyl (C=O) groups is 2. The van der Waals surface area contributed by atoms with Gasteiger partial charge in [-0.2, -0.15) is 0 Å². The number of carbonyl (C=O) groups excluding carboxylic acids is 2. The zero-order valence-corrected chi connectivity index (χ0v) is 22.0. The average molecular weight is 515 g/mol. The van der Waals surface area contributed by atoms with Crippen LogP contribution in [0.1, 0.15) is 30.0 Å². The topological polar surface area (TPSA) is 77.1 Å². The van der Waals surface area contributed by atoms with E-state index in [0.717, 1.165) is 22.4 Å². The van der Waals surface area contributed by atoms with E-state index in [9.17, 15) is 9.59 Å². The van der Waals surface area contributed by atoms with E-state index in [2.05, 4.69) is 5.32 Å². The van der Waals surface area contributed by atoms with Crippen LogP contribution in [-0.4, -0.2) is 54.5 Å². The van der Waals surface area contributed by atoms with Gasteiger partial charge in [0.05, 0.1) is 11.5 Å². The second-order valence-corrected chi connectivity index (χ2v) is 9.58. The lowest BCUT2D eigenvalue weighted by atomic mass is 10.1. The van der Waals surface area contributed by atoms with Gasteiger partial charge in [-0.25, -0.2) is 0 Å². The molecule has 35 heavy (non-hydrogen) atoms. The van der Waals surface area contributed by atoms with E-state index in [1.165, 1.54) is 11.8 Å². The molecule has 1 aliphatic rings. The molecule has 186 valence electrons. The molecular weight excluding hydrogens is 484 g/mol. The van der Waals surface area contributed by atoms with Gasteiger partial charge in [-0.15, -0.1) is 0 Å². The quantitative estimate of drug-likeness (QED) is 0.258. The molecule has 2 aromatic rings. The Kier molecular flexibility index (Phi) is 9.71. The summed E-state index contributed by atoms with van der Waals surface area (Å²) < 4.78 is 17.1. The van der Waals surface area contributed by atoms with Crippen LogP contribution >= 0.6 is 24.0 Å². The van der Waals surface area contributed by atoms with E-state index in [1.807, 2.05) is 45.0 Å². The van der Waals surface area contributed by atoms with Gasteiger partial charge in [0.25, 0.3) is 11.8 Å². The molecule has 0 bridgehead atoms. The van der Waals surface area contributed by atoms with Gasteiger partial charge in [-0.1, -0.05) is 42.2 Å². The minimum atomic E-state index is -0.262. The van der Waals surface area contributed by atoms with Crippen molar-refractivity contribution in [3.63, 3.8) is 0 Å². The molecule has 0 saturated carbocycles. The number of anilines is 1. The monoisotopic (exact) mass is 514 g/mol. The summed E-state index contributed by atoms with van der Waals surface area (Å²) in [4.78, 5) is 27.4. The van der Waals surface area contributed by atoms with E-state index in [-0.39, 0.29) is 18.4 Å². The molecule has 0 aliphatic carbocycles. The molecule has 0 atom stereocenters. The molecule has 0 unspecified atom stereocenters. The van der Waals surface area contributed by atoms with Crippen molar-refractivity contribution in [2.75, 3.05) is 38.8 Å². The fourth-order valence-electron chi connectivity index (χ4n) is 3.43. The van der Waals surface area contributed by atoms with E-state index >= 15 is 0 Å². The van der Waals surface area contributed by atoms with Crippen LogP contribution < -0.4 is 14.8 Å². The smallest absolute Gasteiger partial charge is 0.266 e. The summed E-state index contributed by atoms with van der Waals surface area (Å²) in [7, 11) is 1.63. The molecule has 2 amide bonds. The number of thioether (sulfide) groups is 1. The number of hydrogen-bond donors (Lipinski definition) is 1. The number of aryl methyl sites for hydroxylation is 1. The number of hydrogen-bond acceptors (Lipinski definition) is 7. The highest BCUT2D eigenvalue weighted by molar-refractivity contribution is 8.26. The van der Waals surface area contributed by atoms with Gasteiger partial charge in [0.1, 0.15) is 4.32 Å². The third kappa shape index (κ3) is 7.06. The van der Waals surface area contributed by atoms with Gasteiger partial charge in [-0.05, 0) is 68.2 Å². The van der Waals surface area contributed by atoms with Gasteiger partial charge < -0.3 is 19.5 Å². The van der Waals surface area contributed by atoms with Crippen molar-refractivity contribution in [2.24, 2.45) is 0 Å². The third-order valence-electron chi connectivity index (χ3n) is 5.41. The van der Waals surface area contributed by atoms with Gasteiger partial charge in [0, 0.05) is 25.9 Å². The number of amides is 2. The number of benzene rings is 2. The zero-order chi connectivity index (χ0) is 25.4. The summed E-state index contributed by atoms with van der Waals surface area (Å²) in [5, 5.41) is 2.88. The van der Waals surface area contributed by atoms with E-state index in [4.69, 9.17) is 26.4 Å². The SMILES string of the molecule is CCOc1cc(/C=C2\SC(=S)N(CCCOC)C2=O)ccc1OCC(=O)Nc1cccc(C)c1C. The van der Waals surface area contributed by atoms with Crippen LogP contribution in [0.4, 0.5) is 5.69 Å². The Balaban J connectivity index is 1.68. The Labute approximate surface area is 215 Å². The maximum Gasteiger partial charge on any atom is 0.266 e. The van der Waals surface area contributed by atoms with Crippen LogP contribution in [-0.2, 0) is 14.3 Å². The Morgan fingerprint density at radius 1 is 1.17 bits per heavy atom. The van der Waals surface area contributed by atoms with Crippen LogP contribution in [0.15, 0.2) is 41.3 Å². The Bertz CT molecular complexity index is 1130. The maximum atomic E-state index is 12.8. The normalized spacial score (nSPS) is 14.5. The van der Waals surface area contributed by atoms with Crippen LogP contribution in [0.3, 0.4) is 0 Å². The fraction of sp³-hybridized carbons (Fsp3) is 0.346. The summed E-state index contributed by atoms with van der Waals surface area (Å²) in [5.74, 6) is 0.573. The summed E-state index contributed by atoms with van der Waals surface area (Å²) in [6.45, 7) is 7.19. The lowest BCUT2D eigenvalue weighted by Gasteiger charge is -2.14. The summed E-state index contributed by atoms with van der Waals surface area (Å²) in [5.41, 5.74) is 3.66. The first-order valence-electron chi connectivity index (χ1n) is 11.3. The van der Waals surface area contributed by atoms with Crippen LogP contribution in [0.2, 0.25) is 0 Å². The van der Waals surface area contributed by atoms with Crippen LogP contribution in [0.25, 0.3) is 6.08 Å². The Morgan fingerprint density at radius 3 is 2.71 bits per heavy atom. The van der Waals surface area contributed by atoms with Crippen LogP contribution in [0, 0.1) is 13.8 Å². The average Bonchev–Trinajstić information content (AvgIpc) is 3.09. The number of ether oxygens (including phenoxy) is 3. The first kappa shape index (κ1) is 26.7. The van der Waals surface area contributed by atoms with E-state index in [1.54, 1.807) is 30.2 Å². The highest BCUT2D eigenvalue weighted by Gasteiger charge is 2.31. The number of nitrogens with one attached hydrogen (secondary N) is 1. The predicted octanol–water partition coefficient (Wildman–Crippen LogP) is 4.96. The number of thiocarbonyl (C=S) groups is 1. The lowest BCUT2D eigenvalue weighted by Crippen LogP contribution is -2.29. The lowest BCUT2D eigenvalue weighted by molar-refractivity contribution is -0.122. The summed E-state index contributed by atoms with van der Waals surface area (Å²) in [6.07, 6.45) is 2.50. The summed E-state index contributed by atoms with van der Waals surface area (Å²) in [6, 6.07) is 11.1. The molecule has 0 radical (unpaired) electrons. The third-order valence-corrected chi connectivity index (χ3v) is 6.78. The molecule has 1 N–H and O–H groups in total. The molecule has 9 heteroatoms. The molecule has 7 nitrogen and oxygen atoms in total. The van der Waals surface area contributed by atoms with Crippen molar-refractivity contribution in [2.45, 2.75) is 27.2 Å². The van der Waals surface area contributed by atoms with Crippen molar-refractivity contribution < 1.29 is 23.8 Å². The Hall–Kier alpha value is -2.88. The van der Waals surface area contributed by atoms with Gasteiger partial charge in [0.2, 0.25) is 0 Å². The standard InChI is InChI=1S/C26H30N2O5S2/c1-5-32-22-14-19(15-23-25(30)28(26(34)35-23)12-7-13-31-4)10-11-21(22)33-16-24(29)27-20-9-6-8-17(2)18(20)3/h6,8-11,14-15H,5,7,12-13,16H2,1-4H3,(H,27,29)/b23-15-. The van der Waals surface area contributed by atoms with Crippen molar-refractivity contribution in [3.8, 4) is 11.5 Å². The number of methoxy groups -OCH3 is 1. The first-order chi connectivity index (χ1) is 16.8. The molecule has 1 fully saturated rings. The first-order valence-corrected chi connectivity index (χ1v) is 12.6. The molecule has 0 spiro atoms. The highest BCUT2D eigenvalue weighted by Crippen LogP contribution is 2.35.